The summed E-state index contributed by atoms with van der Waals surface area (Å²) in [6.45, 7) is 9.11. The van der Waals surface area contributed by atoms with E-state index in [2.05, 4.69) is 13.8 Å². The van der Waals surface area contributed by atoms with Crippen molar-refractivity contribution in [3.63, 3.8) is 0 Å². The van der Waals surface area contributed by atoms with E-state index in [-0.39, 0.29) is 30.5 Å². The molecule has 0 aromatic heterocycles. The van der Waals surface area contributed by atoms with Gasteiger partial charge in [0.1, 0.15) is 6.10 Å². The van der Waals surface area contributed by atoms with Crippen LogP contribution in [-0.2, 0) is 9.53 Å². The van der Waals surface area contributed by atoms with Gasteiger partial charge in [0.05, 0.1) is 0 Å². The van der Waals surface area contributed by atoms with Gasteiger partial charge in [0.25, 0.3) is 5.91 Å². The maximum absolute atomic E-state index is 11.9. The third-order valence-corrected chi connectivity index (χ3v) is 2.76. The number of nitrogens with two attached hydrogens (primary N) is 1. The molecule has 1 amide bonds. The second-order valence-corrected chi connectivity index (χ2v) is 4.73. The summed E-state index contributed by atoms with van der Waals surface area (Å²) in [7, 11) is 1.77. The molecule has 104 valence electrons. The van der Waals surface area contributed by atoms with Gasteiger partial charge in [-0.1, -0.05) is 13.8 Å². The zero-order valence-electron chi connectivity index (χ0n) is 11.6. The summed E-state index contributed by atoms with van der Waals surface area (Å²) in [6.07, 6.45) is 0.603. The first-order chi connectivity index (χ1) is 7.40. The molecule has 2 atom stereocenters. The number of likely N-dealkylation sites (N-methyl/N-ethyl adjacent to an activating group) is 1. The highest BCUT2D eigenvalue weighted by molar-refractivity contribution is 5.85. The third kappa shape index (κ3) is 7.58. The van der Waals surface area contributed by atoms with Crippen molar-refractivity contribution in [3.05, 3.63) is 0 Å². The van der Waals surface area contributed by atoms with Gasteiger partial charge < -0.3 is 15.4 Å². The SMILES string of the molecule is CC(C)CCOC(C)C(=O)N(C)C(C)CN.Cl. The van der Waals surface area contributed by atoms with Crippen LogP contribution in [0, 0.1) is 5.92 Å². The molecule has 2 N–H and O–H groups in total. The highest BCUT2D eigenvalue weighted by Crippen LogP contribution is 2.05. The number of ether oxygens (including phenoxy) is 1. The highest BCUT2D eigenvalue weighted by Gasteiger charge is 2.21. The fourth-order valence-electron chi connectivity index (χ4n) is 1.21. The number of hydrogen-bond acceptors (Lipinski definition) is 3. The molecule has 2 unspecified atom stereocenters. The van der Waals surface area contributed by atoms with E-state index in [1.807, 2.05) is 6.92 Å². The molecule has 0 aromatic rings. The summed E-state index contributed by atoms with van der Waals surface area (Å²) in [5, 5.41) is 0. The van der Waals surface area contributed by atoms with Crippen LogP contribution in [0.25, 0.3) is 0 Å². The maximum Gasteiger partial charge on any atom is 0.251 e. The summed E-state index contributed by atoms with van der Waals surface area (Å²) >= 11 is 0. The Kier molecular flexibility index (Phi) is 10.8. The van der Waals surface area contributed by atoms with Crippen LogP contribution in [0.2, 0.25) is 0 Å². The van der Waals surface area contributed by atoms with Crippen molar-refractivity contribution in [1.82, 2.24) is 4.90 Å². The summed E-state index contributed by atoms with van der Waals surface area (Å²) in [5.74, 6) is 0.602. The van der Waals surface area contributed by atoms with Crippen molar-refractivity contribution < 1.29 is 9.53 Å². The van der Waals surface area contributed by atoms with E-state index < -0.39 is 0 Å². The lowest BCUT2D eigenvalue weighted by Gasteiger charge is -2.26. The maximum atomic E-state index is 11.9. The first-order valence-electron chi connectivity index (χ1n) is 5.98. The average molecular weight is 267 g/mol. The standard InChI is InChI=1S/C12H26N2O2.ClH/c1-9(2)6-7-16-11(4)12(15)14(5)10(3)8-13;/h9-11H,6-8,13H2,1-5H3;1H. The summed E-state index contributed by atoms with van der Waals surface area (Å²) in [5.41, 5.74) is 5.52. The zero-order valence-corrected chi connectivity index (χ0v) is 12.4. The molecule has 5 heteroatoms. The second kappa shape index (κ2) is 9.68. The molecule has 0 rings (SSSR count). The van der Waals surface area contributed by atoms with Crippen LogP contribution in [0.3, 0.4) is 0 Å². The predicted molar refractivity (Wildman–Crippen MR) is 73.4 cm³/mol. The van der Waals surface area contributed by atoms with E-state index in [9.17, 15) is 4.79 Å². The topological polar surface area (TPSA) is 55.6 Å². The second-order valence-electron chi connectivity index (χ2n) is 4.73. The van der Waals surface area contributed by atoms with E-state index in [4.69, 9.17) is 10.5 Å². The van der Waals surface area contributed by atoms with E-state index in [0.29, 0.717) is 19.1 Å². The number of nitrogens with zero attached hydrogens (tertiary/aromatic N) is 1. The van der Waals surface area contributed by atoms with Gasteiger partial charge in [-0.3, -0.25) is 4.79 Å². The van der Waals surface area contributed by atoms with Gasteiger partial charge in [0.2, 0.25) is 0 Å². The first kappa shape index (κ1) is 19.0. The molecule has 0 heterocycles. The van der Waals surface area contributed by atoms with Crippen molar-refractivity contribution in [1.29, 1.82) is 0 Å². The van der Waals surface area contributed by atoms with E-state index in [1.165, 1.54) is 0 Å². The number of rotatable bonds is 7. The van der Waals surface area contributed by atoms with Crippen LogP contribution in [-0.4, -0.2) is 43.2 Å². The van der Waals surface area contributed by atoms with Gasteiger partial charge >= 0.3 is 0 Å². The monoisotopic (exact) mass is 266 g/mol. The largest absolute Gasteiger partial charge is 0.369 e. The normalized spacial score (nSPS) is 14.1. The molecule has 17 heavy (non-hydrogen) atoms. The lowest BCUT2D eigenvalue weighted by Crippen LogP contribution is -2.44. The van der Waals surface area contributed by atoms with Crippen molar-refractivity contribution >= 4 is 18.3 Å². The van der Waals surface area contributed by atoms with Crippen molar-refractivity contribution in [3.8, 4) is 0 Å². The Bertz CT molecular complexity index is 213. The Morgan fingerprint density at radius 1 is 1.29 bits per heavy atom. The van der Waals surface area contributed by atoms with Crippen LogP contribution in [0.4, 0.5) is 0 Å². The molecule has 0 spiro atoms. The Balaban J connectivity index is 0. The minimum atomic E-state index is -0.377. The van der Waals surface area contributed by atoms with E-state index in [1.54, 1.807) is 18.9 Å². The Morgan fingerprint density at radius 2 is 1.82 bits per heavy atom. The average Bonchev–Trinajstić information content (AvgIpc) is 2.25. The minimum absolute atomic E-state index is 0. The molecule has 0 saturated heterocycles. The van der Waals surface area contributed by atoms with E-state index >= 15 is 0 Å². The molecule has 0 aliphatic carbocycles. The van der Waals surface area contributed by atoms with Crippen LogP contribution < -0.4 is 5.73 Å². The number of carbonyl (C=O) groups is 1. The molecule has 0 aliphatic heterocycles. The summed E-state index contributed by atoms with van der Waals surface area (Å²) in [4.78, 5) is 13.5. The van der Waals surface area contributed by atoms with E-state index in [0.717, 1.165) is 6.42 Å². The van der Waals surface area contributed by atoms with Gasteiger partial charge in [-0.2, -0.15) is 0 Å². The van der Waals surface area contributed by atoms with Crippen LogP contribution >= 0.6 is 12.4 Å². The third-order valence-electron chi connectivity index (χ3n) is 2.76. The fraction of sp³-hybridized carbons (Fsp3) is 0.917. The molecule has 0 aliphatic rings. The predicted octanol–water partition coefficient (Wildman–Crippen LogP) is 1.66. The van der Waals surface area contributed by atoms with Crippen molar-refractivity contribution in [2.45, 2.75) is 46.3 Å². The van der Waals surface area contributed by atoms with Crippen LogP contribution in [0.1, 0.15) is 34.1 Å². The molecule has 0 fully saturated rings. The first-order valence-corrected chi connectivity index (χ1v) is 5.98. The van der Waals surface area contributed by atoms with Crippen molar-refractivity contribution in [2.75, 3.05) is 20.2 Å². The Hall–Kier alpha value is -0.320. The lowest BCUT2D eigenvalue weighted by atomic mass is 10.1. The lowest BCUT2D eigenvalue weighted by molar-refractivity contribution is -0.143. The molecule has 0 saturated carbocycles. The number of carbonyl (C=O) groups excluding carboxylic acids is 1. The molecule has 4 nitrogen and oxygen atoms in total. The molecular formula is C12H27ClN2O2. The molecular weight excluding hydrogens is 240 g/mol. The summed E-state index contributed by atoms with van der Waals surface area (Å²) < 4.78 is 5.50. The summed E-state index contributed by atoms with van der Waals surface area (Å²) in [6, 6.07) is 0.0589. The van der Waals surface area contributed by atoms with Gasteiger partial charge in [-0.25, -0.2) is 0 Å². The van der Waals surface area contributed by atoms with Gasteiger partial charge in [0, 0.05) is 26.2 Å². The Morgan fingerprint density at radius 3 is 2.24 bits per heavy atom. The molecule has 0 radical (unpaired) electrons. The highest BCUT2D eigenvalue weighted by atomic mass is 35.5. The minimum Gasteiger partial charge on any atom is -0.369 e. The zero-order chi connectivity index (χ0) is 12.7. The van der Waals surface area contributed by atoms with Crippen LogP contribution in [0.5, 0.6) is 0 Å². The number of hydrogen-bond donors (Lipinski definition) is 1. The van der Waals surface area contributed by atoms with Crippen molar-refractivity contribution in [2.24, 2.45) is 11.7 Å². The molecule has 0 bridgehead atoms. The quantitative estimate of drug-likeness (QED) is 0.763. The van der Waals surface area contributed by atoms with Gasteiger partial charge in [0.15, 0.2) is 0 Å². The fourth-order valence-corrected chi connectivity index (χ4v) is 1.21. The number of amides is 1. The number of halogens is 1. The van der Waals surface area contributed by atoms with Gasteiger partial charge in [-0.15, -0.1) is 12.4 Å². The Labute approximate surface area is 111 Å². The van der Waals surface area contributed by atoms with Gasteiger partial charge in [-0.05, 0) is 26.2 Å². The van der Waals surface area contributed by atoms with Crippen LogP contribution in [0.15, 0.2) is 0 Å². The smallest absolute Gasteiger partial charge is 0.251 e. The molecule has 0 aromatic carbocycles.